The number of allylic oxidation sites excluding steroid dienone is 6. The van der Waals surface area contributed by atoms with Gasteiger partial charge in [0.15, 0.2) is 5.71 Å². The zero-order valence-electron chi connectivity index (χ0n) is 34.4. The third kappa shape index (κ3) is 10.0. The van der Waals surface area contributed by atoms with Gasteiger partial charge in [-0.25, -0.2) is 4.57 Å². The quantitative estimate of drug-likeness (QED) is 0.0627. The SMILES string of the molecule is CCCC[n+]1cc(Cl)cc2c1N=C(/C=C/C(=C/C=C1/N(CCCS(=O)(=O)O)c3ccccc3C1(C)C)c1cccc(CCC(=O)NCCN3C(=O)C=CC3=O)c1)C2(C)C. The fraction of sp³-hybridized carbons (Fsp3) is 0.370. The Morgan fingerprint density at radius 2 is 1.69 bits per heavy atom. The van der Waals surface area contributed by atoms with Crippen LogP contribution in [0.1, 0.15) is 82.6 Å². The van der Waals surface area contributed by atoms with E-state index in [4.69, 9.17) is 16.6 Å². The lowest BCUT2D eigenvalue weighted by Crippen LogP contribution is -2.38. The normalized spacial score (nSPS) is 17.6. The molecule has 3 aliphatic heterocycles. The summed E-state index contributed by atoms with van der Waals surface area (Å²) >= 11 is 6.63. The van der Waals surface area contributed by atoms with Crippen molar-refractivity contribution in [3.05, 3.63) is 130 Å². The first-order chi connectivity index (χ1) is 28.0. The van der Waals surface area contributed by atoms with E-state index in [1.54, 1.807) is 0 Å². The lowest BCUT2D eigenvalue weighted by molar-refractivity contribution is -0.684. The Kier molecular flexibility index (Phi) is 13.2. The van der Waals surface area contributed by atoms with Gasteiger partial charge in [0.05, 0.1) is 28.3 Å². The molecule has 1 aromatic heterocycles. The summed E-state index contributed by atoms with van der Waals surface area (Å²) in [7, 11) is -4.12. The number of aromatic nitrogens is 1. The Balaban J connectivity index is 1.32. The molecule has 2 N–H and O–H groups in total. The number of aryl methyl sites for hydroxylation is 2. The van der Waals surface area contributed by atoms with Gasteiger partial charge in [-0.15, -0.1) is 0 Å². The number of halogens is 1. The Morgan fingerprint density at radius 1 is 0.949 bits per heavy atom. The van der Waals surface area contributed by atoms with Crippen molar-refractivity contribution in [1.82, 2.24) is 10.2 Å². The van der Waals surface area contributed by atoms with Crippen LogP contribution in [-0.2, 0) is 48.3 Å². The summed E-state index contributed by atoms with van der Waals surface area (Å²) in [4.78, 5) is 45.0. The number of fused-ring (bicyclic) bond motifs is 2. The molecular weight excluding hydrogens is 786 g/mol. The molecule has 0 spiro atoms. The van der Waals surface area contributed by atoms with Crippen LogP contribution < -0.4 is 14.8 Å². The summed E-state index contributed by atoms with van der Waals surface area (Å²) in [5.74, 6) is -0.381. The van der Waals surface area contributed by atoms with E-state index in [-0.39, 0.29) is 49.4 Å². The van der Waals surface area contributed by atoms with Crippen LogP contribution in [0.2, 0.25) is 5.02 Å². The number of imide groups is 1. The van der Waals surface area contributed by atoms with Gasteiger partial charge in [0, 0.05) is 55.0 Å². The Hall–Kier alpha value is -5.17. The molecule has 3 aliphatic rings. The number of unbranched alkanes of at least 4 members (excludes halogenated alkanes) is 1. The number of amides is 3. The molecule has 0 atom stereocenters. The monoisotopic (exact) mass is 838 g/mol. The highest BCUT2D eigenvalue weighted by Crippen LogP contribution is 2.48. The molecular formula is C46H53ClN5O6S+. The van der Waals surface area contributed by atoms with Gasteiger partial charge in [-0.2, -0.15) is 8.42 Å². The molecule has 0 unspecified atom stereocenters. The third-order valence-corrected chi connectivity index (χ3v) is 12.3. The van der Waals surface area contributed by atoms with E-state index in [9.17, 15) is 27.4 Å². The van der Waals surface area contributed by atoms with Crippen molar-refractivity contribution in [2.24, 2.45) is 4.99 Å². The maximum Gasteiger partial charge on any atom is 0.327 e. The second-order valence-electron chi connectivity index (χ2n) is 16.2. The van der Waals surface area contributed by atoms with Crippen molar-refractivity contribution in [2.45, 2.75) is 84.1 Å². The van der Waals surface area contributed by atoms with Crippen LogP contribution in [0, 0.1) is 0 Å². The molecule has 0 saturated heterocycles. The van der Waals surface area contributed by atoms with Crippen molar-refractivity contribution in [3.8, 4) is 0 Å². The smallest absolute Gasteiger partial charge is 0.327 e. The largest absolute Gasteiger partial charge is 0.354 e. The van der Waals surface area contributed by atoms with Crippen LogP contribution in [0.5, 0.6) is 0 Å². The number of carbonyl (C=O) groups is 3. The number of aliphatic imine (C=N–C) groups is 1. The first kappa shape index (κ1) is 43.4. The number of nitrogens with one attached hydrogen (secondary N) is 1. The van der Waals surface area contributed by atoms with Crippen molar-refractivity contribution in [1.29, 1.82) is 0 Å². The number of para-hydroxylation sites is 1. The summed E-state index contributed by atoms with van der Waals surface area (Å²) in [6.45, 7) is 12.3. The van der Waals surface area contributed by atoms with E-state index in [0.717, 1.165) is 75.0 Å². The van der Waals surface area contributed by atoms with Gasteiger partial charge < -0.3 is 10.2 Å². The zero-order valence-corrected chi connectivity index (χ0v) is 35.9. The van der Waals surface area contributed by atoms with Crippen LogP contribution in [-0.4, -0.2) is 66.7 Å². The summed E-state index contributed by atoms with van der Waals surface area (Å²) in [5.41, 5.74) is 7.00. The maximum atomic E-state index is 12.8. The van der Waals surface area contributed by atoms with Crippen LogP contribution in [0.25, 0.3) is 5.57 Å². The minimum absolute atomic E-state index is 0.112. The summed E-state index contributed by atoms with van der Waals surface area (Å²) in [6, 6.07) is 18.2. The first-order valence-electron chi connectivity index (χ1n) is 20.1. The molecule has 6 rings (SSSR count). The second kappa shape index (κ2) is 18.0. The molecule has 2 aromatic carbocycles. The fourth-order valence-corrected chi connectivity index (χ4v) is 8.63. The van der Waals surface area contributed by atoms with E-state index < -0.39 is 20.9 Å². The van der Waals surface area contributed by atoms with E-state index in [1.165, 1.54) is 12.2 Å². The lowest BCUT2D eigenvalue weighted by atomic mass is 9.81. The molecule has 310 valence electrons. The number of carbonyl (C=O) groups excluding carboxylic acids is 3. The molecule has 3 aromatic rings. The highest BCUT2D eigenvalue weighted by atomic mass is 35.5. The van der Waals surface area contributed by atoms with Gasteiger partial charge in [-0.1, -0.05) is 93.4 Å². The maximum absolute atomic E-state index is 12.8. The minimum Gasteiger partial charge on any atom is -0.354 e. The Labute approximate surface area is 352 Å². The minimum atomic E-state index is -4.12. The molecule has 4 heterocycles. The molecule has 0 radical (unpaired) electrons. The average molecular weight is 839 g/mol. The molecule has 0 bridgehead atoms. The number of nitrogens with zero attached hydrogens (tertiary/aromatic N) is 4. The molecule has 59 heavy (non-hydrogen) atoms. The topological polar surface area (TPSA) is 140 Å². The standard InChI is InChI=1S/C46H52ClN5O6S/c1-6-7-25-50-31-35(47)30-37-44(50)49-39(45(37,2)3)19-17-33(18-20-40-46(4,5)36-14-8-9-15-38(36)51(40)26-11-28-59(56,57)58)34-13-10-12-32(29-34)16-21-41(53)48-24-27-52-42(54)22-23-43(52)55/h8-10,12-15,17-20,22-23,29-31H,6-7,11,16,21,24-28H2,1-5H3,(H-,48,53,56,57,58)/p+1. The van der Waals surface area contributed by atoms with Crippen LogP contribution in [0.15, 0.2) is 108 Å². The number of benzene rings is 2. The van der Waals surface area contributed by atoms with E-state index in [2.05, 4.69) is 85.8 Å². The number of hydrogen-bond acceptors (Lipinski definition) is 7. The van der Waals surface area contributed by atoms with E-state index >= 15 is 0 Å². The zero-order chi connectivity index (χ0) is 42.5. The predicted octanol–water partition coefficient (Wildman–Crippen LogP) is 7.36. The molecule has 0 aliphatic carbocycles. The van der Waals surface area contributed by atoms with Crippen molar-refractivity contribution in [3.63, 3.8) is 0 Å². The number of anilines is 1. The summed E-state index contributed by atoms with van der Waals surface area (Å²) in [5, 5.41) is 3.49. The van der Waals surface area contributed by atoms with Gasteiger partial charge in [0.2, 0.25) is 5.91 Å². The van der Waals surface area contributed by atoms with Gasteiger partial charge in [0.25, 0.3) is 21.9 Å². The lowest BCUT2D eigenvalue weighted by Gasteiger charge is -2.27. The highest BCUT2D eigenvalue weighted by molar-refractivity contribution is 7.85. The van der Waals surface area contributed by atoms with Gasteiger partial charge >= 0.3 is 5.82 Å². The summed E-state index contributed by atoms with van der Waals surface area (Å²) < 4.78 is 35.0. The molecule has 13 heteroatoms. The highest BCUT2D eigenvalue weighted by Gasteiger charge is 2.43. The molecule has 0 saturated carbocycles. The van der Waals surface area contributed by atoms with Gasteiger partial charge in [0.1, 0.15) is 6.20 Å². The van der Waals surface area contributed by atoms with Crippen LogP contribution in [0.3, 0.4) is 0 Å². The summed E-state index contributed by atoms with van der Waals surface area (Å²) in [6.07, 6.45) is 15.7. The van der Waals surface area contributed by atoms with Crippen molar-refractivity contribution >= 4 is 62.2 Å². The molecule has 0 fully saturated rings. The third-order valence-electron chi connectivity index (χ3n) is 11.3. The number of rotatable bonds is 17. The first-order valence-corrected chi connectivity index (χ1v) is 22.1. The van der Waals surface area contributed by atoms with E-state index in [0.29, 0.717) is 18.0 Å². The van der Waals surface area contributed by atoms with E-state index in [1.807, 2.05) is 48.7 Å². The second-order valence-corrected chi connectivity index (χ2v) is 18.2. The predicted molar refractivity (Wildman–Crippen MR) is 233 cm³/mol. The Morgan fingerprint density at radius 3 is 2.42 bits per heavy atom. The average Bonchev–Trinajstić information content (AvgIpc) is 3.72. The fourth-order valence-electron chi connectivity index (χ4n) is 7.91. The number of hydrogen-bond donors (Lipinski definition) is 2. The van der Waals surface area contributed by atoms with Crippen molar-refractivity contribution in [2.75, 3.05) is 30.3 Å². The Bertz CT molecular complexity index is 2390. The van der Waals surface area contributed by atoms with Gasteiger partial charge in [-0.3, -0.25) is 23.8 Å². The van der Waals surface area contributed by atoms with Crippen LogP contribution >= 0.6 is 11.6 Å². The van der Waals surface area contributed by atoms with Crippen LogP contribution in [0.4, 0.5) is 11.5 Å². The molecule has 11 nitrogen and oxygen atoms in total. The number of pyridine rings is 1. The van der Waals surface area contributed by atoms with Crippen molar-refractivity contribution < 1.29 is 31.9 Å². The molecule has 3 amide bonds. The van der Waals surface area contributed by atoms with Gasteiger partial charge in [-0.05, 0) is 84.7 Å².